The molecule has 0 radical (unpaired) electrons. The summed E-state index contributed by atoms with van der Waals surface area (Å²) in [4.78, 5) is 24.8. The second kappa shape index (κ2) is 6.92. The molecular weight excluding hydrogens is 278 g/mol. The van der Waals surface area contributed by atoms with Crippen LogP contribution in [0.5, 0.6) is 0 Å². The van der Waals surface area contributed by atoms with Crippen molar-refractivity contribution < 1.29 is 14.5 Å². The third kappa shape index (κ3) is 4.07. The van der Waals surface area contributed by atoms with Gasteiger partial charge in [-0.05, 0) is 37.6 Å². The lowest BCUT2D eigenvalue weighted by Gasteiger charge is -2.35. The first kappa shape index (κ1) is 16.5. The molecule has 0 bridgehead atoms. The molecule has 5 heteroatoms. The number of hydrogen-bond donors (Lipinski definition) is 3. The van der Waals surface area contributed by atoms with Crippen molar-refractivity contribution in [2.24, 2.45) is 17.6 Å². The summed E-state index contributed by atoms with van der Waals surface area (Å²) in [5.41, 5.74) is 6.34. The van der Waals surface area contributed by atoms with Crippen molar-refractivity contribution in [1.29, 1.82) is 0 Å². The number of hydrogen-bond acceptors (Lipinski definition) is 2. The van der Waals surface area contributed by atoms with Gasteiger partial charge < -0.3 is 16.0 Å². The van der Waals surface area contributed by atoms with Gasteiger partial charge in [0, 0.05) is 23.1 Å². The Labute approximate surface area is 131 Å². The van der Waals surface area contributed by atoms with Crippen LogP contribution >= 0.6 is 0 Å². The van der Waals surface area contributed by atoms with Crippen molar-refractivity contribution in [2.45, 2.75) is 33.2 Å². The fourth-order valence-electron chi connectivity index (χ4n) is 3.34. The topological polar surface area (TPSA) is 76.6 Å². The van der Waals surface area contributed by atoms with Gasteiger partial charge >= 0.3 is 0 Å². The molecule has 1 aliphatic heterocycles. The summed E-state index contributed by atoms with van der Waals surface area (Å²) in [6, 6.07) is 6.59. The van der Waals surface area contributed by atoms with E-state index in [1.54, 1.807) is 24.3 Å². The summed E-state index contributed by atoms with van der Waals surface area (Å²) in [6.07, 6.45) is 1.24. The normalized spacial score (nSPS) is 26.2. The number of primary amides is 1. The molecule has 1 fully saturated rings. The first-order valence-electron chi connectivity index (χ1n) is 7.92. The monoisotopic (exact) mass is 304 g/mol. The fraction of sp³-hybridized carbons (Fsp3) is 0.529. The molecule has 22 heavy (non-hydrogen) atoms. The highest BCUT2D eigenvalue weighted by molar-refractivity contribution is 5.95. The van der Waals surface area contributed by atoms with Crippen molar-refractivity contribution in [2.75, 3.05) is 18.4 Å². The average Bonchev–Trinajstić information content (AvgIpc) is 2.46. The summed E-state index contributed by atoms with van der Waals surface area (Å²) in [5.74, 6) is 0.864. The van der Waals surface area contributed by atoms with Gasteiger partial charge in [0.15, 0.2) is 6.04 Å². The highest BCUT2D eigenvalue weighted by Crippen LogP contribution is 2.13. The Balaban J connectivity index is 1.97. The minimum absolute atomic E-state index is 0.0168. The Morgan fingerprint density at radius 3 is 2.23 bits per heavy atom. The van der Waals surface area contributed by atoms with Crippen molar-refractivity contribution in [1.82, 2.24) is 0 Å². The summed E-state index contributed by atoms with van der Waals surface area (Å²) in [5, 5.41) is 2.92. The van der Waals surface area contributed by atoms with Gasteiger partial charge in [-0.15, -0.1) is 0 Å². The quantitative estimate of drug-likeness (QED) is 0.765. The second-order valence-electron chi connectivity index (χ2n) is 6.67. The van der Waals surface area contributed by atoms with Crippen LogP contribution in [0.1, 0.15) is 37.6 Å². The molecule has 0 spiro atoms. The lowest BCUT2D eigenvalue weighted by Crippen LogP contribution is -3.18. The summed E-state index contributed by atoms with van der Waals surface area (Å²) >= 11 is 0. The SMILES string of the molecule is C[C@@H]1C[C@H](C)C[NH+]([C@@H](C)C(=O)Nc2ccc(C(N)=O)cc2)C1. The number of quaternary nitrogens is 1. The van der Waals surface area contributed by atoms with Crippen LogP contribution in [-0.2, 0) is 4.79 Å². The lowest BCUT2D eigenvalue weighted by molar-refractivity contribution is -0.925. The molecule has 2 amide bonds. The van der Waals surface area contributed by atoms with E-state index < -0.39 is 5.91 Å². The third-order valence-electron chi connectivity index (χ3n) is 4.47. The third-order valence-corrected chi connectivity index (χ3v) is 4.47. The number of anilines is 1. The Morgan fingerprint density at radius 2 is 1.73 bits per heavy atom. The number of likely N-dealkylation sites (tertiary alicyclic amines) is 1. The molecule has 2 rings (SSSR count). The number of benzene rings is 1. The molecule has 0 saturated carbocycles. The Kier molecular flexibility index (Phi) is 5.19. The number of rotatable bonds is 4. The first-order valence-corrected chi connectivity index (χ1v) is 7.92. The molecular formula is C17H26N3O2+. The van der Waals surface area contributed by atoms with Gasteiger partial charge in [-0.1, -0.05) is 13.8 Å². The summed E-state index contributed by atoms with van der Waals surface area (Å²) < 4.78 is 0. The van der Waals surface area contributed by atoms with Crippen LogP contribution in [0.4, 0.5) is 5.69 Å². The standard InChI is InChI=1S/C17H25N3O2/c1-11-8-12(2)10-20(9-11)13(3)17(22)19-15-6-4-14(5-7-15)16(18)21/h4-7,11-13H,8-10H2,1-3H3,(H2,18,21)(H,19,22)/p+1/t11-,12+,13-/m0/s1. The number of piperidine rings is 1. The van der Waals surface area contributed by atoms with E-state index >= 15 is 0 Å². The zero-order chi connectivity index (χ0) is 16.3. The van der Waals surface area contributed by atoms with Crippen LogP contribution < -0.4 is 16.0 Å². The van der Waals surface area contributed by atoms with Gasteiger partial charge in [-0.25, -0.2) is 0 Å². The van der Waals surface area contributed by atoms with E-state index in [4.69, 9.17) is 5.73 Å². The van der Waals surface area contributed by atoms with Gasteiger partial charge in [0.1, 0.15) is 0 Å². The molecule has 120 valence electrons. The minimum Gasteiger partial charge on any atom is -0.366 e. The molecule has 1 heterocycles. The van der Waals surface area contributed by atoms with Gasteiger partial charge in [-0.3, -0.25) is 9.59 Å². The molecule has 1 saturated heterocycles. The van der Waals surface area contributed by atoms with Crippen molar-refractivity contribution in [3.63, 3.8) is 0 Å². The van der Waals surface area contributed by atoms with Crippen molar-refractivity contribution in [3.05, 3.63) is 29.8 Å². The van der Waals surface area contributed by atoms with E-state index in [1.165, 1.54) is 11.3 Å². The predicted molar refractivity (Wildman–Crippen MR) is 86.7 cm³/mol. The van der Waals surface area contributed by atoms with Gasteiger partial charge in [0.05, 0.1) is 13.1 Å². The molecule has 4 atom stereocenters. The van der Waals surface area contributed by atoms with E-state index in [0.717, 1.165) is 13.1 Å². The number of nitrogens with two attached hydrogens (primary N) is 1. The zero-order valence-electron chi connectivity index (χ0n) is 13.6. The largest absolute Gasteiger partial charge is 0.366 e. The van der Waals surface area contributed by atoms with Gasteiger partial charge in [-0.2, -0.15) is 0 Å². The predicted octanol–water partition coefficient (Wildman–Crippen LogP) is 0.673. The minimum atomic E-state index is -0.466. The molecule has 1 aliphatic rings. The Hall–Kier alpha value is -1.88. The van der Waals surface area contributed by atoms with Crippen LogP contribution in [0.15, 0.2) is 24.3 Å². The average molecular weight is 304 g/mol. The summed E-state index contributed by atoms with van der Waals surface area (Å²) in [7, 11) is 0. The van der Waals surface area contributed by atoms with Crippen LogP contribution in [0.3, 0.4) is 0 Å². The first-order chi connectivity index (χ1) is 10.4. The number of nitrogens with one attached hydrogen (secondary N) is 2. The van der Waals surface area contributed by atoms with Crippen LogP contribution in [0.25, 0.3) is 0 Å². The fourth-order valence-corrected chi connectivity index (χ4v) is 3.34. The lowest BCUT2D eigenvalue weighted by atomic mass is 9.91. The van der Waals surface area contributed by atoms with E-state index in [0.29, 0.717) is 23.1 Å². The van der Waals surface area contributed by atoms with Crippen LogP contribution in [-0.4, -0.2) is 30.9 Å². The molecule has 1 unspecified atom stereocenters. The Bertz CT molecular complexity index is 531. The molecule has 1 aromatic carbocycles. The number of amides is 2. The molecule has 1 aromatic rings. The second-order valence-corrected chi connectivity index (χ2v) is 6.67. The van der Waals surface area contributed by atoms with Crippen LogP contribution in [0, 0.1) is 11.8 Å². The summed E-state index contributed by atoms with van der Waals surface area (Å²) in [6.45, 7) is 8.57. The molecule has 0 aliphatic carbocycles. The molecule has 4 N–H and O–H groups in total. The maximum atomic E-state index is 12.4. The zero-order valence-corrected chi connectivity index (χ0v) is 13.6. The smallest absolute Gasteiger partial charge is 0.282 e. The van der Waals surface area contributed by atoms with Crippen LogP contribution in [0.2, 0.25) is 0 Å². The number of carbonyl (C=O) groups excluding carboxylic acids is 2. The molecule has 5 nitrogen and oxygen atoms in total. The number of carbonyl (C=O) groups is 2. The van der Waals surface area contributed by atoms with E-state index in [2.05, 4.69) is 19.2 Å². The van der Waals surface area contributed by atoms with Gasteiger partial charge in [0.2, 0.25) is 5.91 Å². The van der Waals surface area contributed by atoms with E-state index in [-0.39, 0.29) is 11.9 Å². The van der Waals surface area contributed by atoms with E-state index in [1.807, 2.05) is 6.92 Å². The van der Waals surface area contributed by atoms with Gasteiger partial charge in [0.25, 0.3) is 5.91 Å². The molecule has 0 aromatic heterocycles. The highest BCUT2D eigenvalue weighted by atomic mass is 16.2. The highest BCUT2D eigenvalue weighted by Gasteiger charge is 2.32. The maximum absolute atomic E-state index is 12.4. The van der Waals surface area contributed by atoms with E-state index in [9.17, 15) is 9.59 Å². The Morgan fingerprint density at radius 1 is 1.18 bits per heavy atom. The maximum Gasteiger partial charge on any atom is 0.282 e. The van der Waals surface area contributed by atoms with Crippen molar-refractivity contribution in [3.8, 4) is 0 Å². The van der Waals surface area contributed by atoms with Crippen molar-refractivity contribution >= 4 is 17.5 Å².